The molecule has 0 spiro atoms. The number of aryl methyl sites for hydroxylation is 1. The van der Waals surface area contributed by atoms with Crippen molar-refractivity contribution < 1.29 is 9.59 Å². The zero-order valence-electron chi connectivity index (χ0n) is 15.1. The average molecular weight is 344 g/mol. The smallest absolute Gasteiger partial charge is 0.227 e. The number of rotatable bonds is 3. The first kappa shape index (κ1) is 16.6. The predicted molar refractivity (Wildman–Crippen MR) is 93.8 cm³/mol. The molecule has 1 aromatic heterocycles. The van der Waals surface area contributed by atoms with Crippen LogP contribution in [0, 0.1) is 5.92 Å². The van der Waals surface area contributed by atoms with Crippen molar-refractivity contribution in [1.29, 1.82) is 0 Å². The van der Waals surface area contributed by atoms with E-state index in [1.54, 1.807) is 0 Å². The van der Waals surface area contributed by atoms with Crippen LogP contribution in [0.4, 0.5) is 0 Å². The average Bonchev–Trinajstić information content (AvgIpc) is 3.35. The molecule has 25 heavy (non-hydrogen) atoms. The Morgan fingerprint density at radius 3 is 2.52 bits per heavy atom. The fourth-order valence-corrected chi connectivity index (χ4v) is 4.85. The van der Waals surface area contributed by atoms with Crippen molar-refractivity contribution in [3.63, 3.8) is 0 Å². The number of piperidine rings is 1. The Hall–Kier alpha value is -1.85. The minimum absolute atomic E-state index is 0.127. The Bertz CT molecular complexity index is 642. The first-order valence-corrected chi connectivity index (χ1v) is 9.69. The number of imidazole rings is 1. The number of carbonyl (C=O) groups excluding carboxylic acids is 2. The van der Waals surface area contributed by atoms with E-state index in [-0.39, 0.29) is 17.7 Å². The number of amides is 2. The molecule has 0 N–H and O–H groups in total. The summed E-state index contributed by atoms with van der Waals surface area (Å²) in [6.45, 7) is 2.20. The Labute approximate surface area is 149 Å². The molecular weight excluding hydrogens is 316 g/mol. The molecule has 3 fully saturated rings. The summed E-state index contributed by atoms with van der Waals surface area (Å²) in [5, 5.41) is 0. The first-order chi connectivity index (χ1) is 12.1. The van der Waals surface area contributed by atoms with Gasteiger partial charge in [-0.05, 0) is 25.7 Å². The van der Waals surface area contributed by atoms with E-state index < -0.39 is 0 Å². The van der Waals surface area contributed by atoms with Gasteiger partial charge in [-0.15, -0.1) is 0 Å². The van der Waals surface area contributed by atoms with Crippen molar-refractivity contribution in [2.75, 3.05) is 19.6 Å². The zero-order valence-corrected chi connectivity index (χ0v) is 15.1. The second-order valence-electron chi connectivity index (χ2n) is 7.88. The Morgan fingerprint density at radius 2 is 1.88 bits per heavy atom. The molecule has 2 saturated heterocycles. The summed E-state index contributed by atoms with van der Waals surface area (Å²) in [7, 11) is 2.03. The monoisotopic (exact) mass is 344 g/mol. The molecule has 3 heterocycles. The number of hydrogen-bond donors (Lipinski definition) is 0. The lowest BCUT2D eigenvalue weighted by molar-refractivity contribution is -0.136. The van der Waals surface area contributed by atoms with Crippen molar-refractivity contribution in [2.45, 2.75) is 56.9 Å². The SMILES string of the molecule is Cn1ccnc1C1CCN(C(=O)C2CC(=O)N(C3CCCC3)C2)CC1. The largest absolute Gasteiger partial charge is 0.342 e. The molecule has 1 aromatic rings. The van der Waals surface area contributed by atoms with Gasteiger partial charge in [-0.1, -0.05) is 12.8 Å². The van der Waals surface area contributed by atoms with E-state index in [9.17, 15) is 9.59 Å². The Kier molecular flexibility index (Phi) is 4.52. The molecule has 6 nitrogen and oxygen atoms in total. The van der Waals surface area contributed by atoms with E-state index in [1.807, 2.05) is 29.2 Å². The maximum atomic E-state index is 12.9. The van der Waals surface area contributed by atoms with Crippen molar-refractivity contribution in [2.24, 2.45) is 13.0 Å². The van der Waals surface area contributed by atoms with E-state index in [0.717, 1.165) is 44.6 Å². The van der Waals surface area contributed by atoms with Gasteiger partial charge in [0.25, 0.3) is 0 Å². The van der Waals surface area contributed by atoms with Crippen LogP contribution < -0.4 is 0 Å². The third kappa shape index (κ3) is 3.18. The van der Waals surface area contributed by atoms with Gasteiger partial charge in [-0.25, -0.2) is 4.98 Å². The van der Waals surface area contributed by atoms with Crippen LogP contribution in [0.5, 0.6) is 0 Å². The quantitative estimate of drug-likeness (QED) is 0.842. The van der Waals surface area contributed by atoms with Gasteiger partial charge in [0, 0.05) is 57.5 Å². The van der Waals surface area contributed by atoms with Gasteiger partial charge in [0.1, 0.15) is 5.82 Å². The Balaban J connectivity index is 1.33. The summed E-state index contributed by atoms with van der Waals surface area (Å²) in [5.74, 6) is 1.80. The standard InChI is InChI=1S/C19H28N4O2/c1-21-11-8-20-18(21)14-6-9-22(10-7-14)19(25)15-12-17(24)23(13-15)16-4-2-3-5-16/h8,11,14-16H,2-7,9-10,12-13H2,1H3. The van der Waals surface area contributed by atoms with Crippen LogP contribution in [0.15, 0.2) is 12.4 Å². The minimum Gasteiger partial charge on any atom is -0.342 e. The molecule has 4 rings (SSSR count). The van der Waals surface area contributed by atoms with E-state index in [0.29, 0.717) is 24.9 Å². The maximum Gasteiger partial charge on any atom is 0.227 e. The molecule has 0 radical (unpaired) electrons. The van der Waals surface area contributed by atoms with E-state index in [1.165, 1.54) is 12.8 Å². The van der Waals surface area contributed by atoms with Gasteiger partial charge in [0.05, 0.1) is 5.92 Å². The van der Waals surface area contributed by atoms with Crippen molar-refractivity contribution in [3.8, 4) is 0 Å². The summed E-state index contributed by atoms with van der Waals surface area (Å²) in [5.41, 5.74) is 0. The topological polar surface area (TPSA) is 58.4 Å². The second kappa shape index (κ2) is 6.81. The van der Waals surface area contributed by atoms with Crippen molar-refractivity contribution in [3.05, 3.63) is 18.2 Å². The summed E-state index contributed by atoms with van der Waals surface area (Å²) in [6.07, 6.45) is 10.8. The van der Waals surface area contributed by atoms with Crippen LogP contribution in [-0.4, -0.2) is 56.8 Å². The molecule has 0 bridgehead atoms. The van der Waals surface area contributed by atoms with Crippen LogP contribution in [0.25, 0.3) is 0 Å². The molecule has 2 amide bonds. The van der Waals surface area contributed by atoms with Gasteiger partial charge in [-0.3, -0.25) is 9.59 Å². The van der Waals surface area contributed by atoms with Crippen LogP contribution >= 0.6 is 0 Å². The number of likely N-dealkylation sites (tertiary alicyclic amines) is 2. The van der Waals surface area contributed by atoms with Gasteiger partial charge >= 0.3 is 0 Å². The summed E-state index contributed by atoms with van der Waals surface area (Å²) in [6, 6.07) is 0.388. The molecule has 0 aromatic carbocycles. The van der Waals surface area contributed by atoms with Crippen LogP contribution in [0.2, 0.25) is 0 Å². The number of hydrogen-bond acceptors (Lipinski definition) is 3. The van der Waals surface area contributed by atoms with Gasteiger partial charge in [-0.2, -0.15) is 0 Å². The highest BCUT2D eigenvalue weighted by Gasteiger charge is 2.40. The van der Waals surface area contributed by atoms with Crippen LogP contribution in [0.3, 0.4) is 0 Å². The van der Waals surface area contributed by atoms with E-state index in [4.69, 9.17) is 0 Å². The fourth-order valence-electron chi connectivity index (χ4n) is 4.85. The fraction of sp³-hybridized carbons (Fsp3) is 0.737. The van der Waals surface area contributed by atoms with Gasteiger partial charge in [0.15, 0.2) is 0 Å². The van der Waals surface area contributed by atoms with Gasteiger partial charge < -0.3 is 14.4 Å². The van der Waals surface area contributed by atoms with Gasteiger partial charge in [0.2, 0.25) is 11.8 Å². The highest BCUT2D eigenvalue weighted by Crippen LogP contribution is 2.32. The lowest BCUT2D eigenvalue weighted by Crippen LogP contribution is -2.43. The predicted octanol–water partition coefficient (Wildman–Crippen LogP) is 1.92. The normalized spacial score (nSPS) is 26.0. The molecule has 1 saturated carbocycles. The maximum absolute atomic E-state index is 12.9. The number of aromatic nitrogens is 2. The zero-order chi connectivity index (χ0) is 17.4. The molecule has 1 aliphatic carbocycles. The summed E-state index contributed by atoms with van der Waals surface area (Å²) >= 11 is 0. The number of carbonyl (C=O) groups is 2. The Morgan fingerprint density at radius 1 is 1.16 bits per heavy atom. The molecule has 3 aliphatic rings. The summed E-state index contributed by atoms with van der Waals surface area (Å²) in [4.78, 5) is 33.7. The molecule has 2 aliphatic heterocycles. The van der Waals surface area contributed by atoms with Crippen molar-refractivity contribution in [1.82, 2.24) is 19.4 Å². The minimum atomic E-state index is -0.127. The molecule has 136 valence electrons. The van der Waals surface area contributed by atoms with E-state index >= 15 is 0 Å². The second-order valence-corrected chi connectivity index (χ2v) is 7.88. The lowest BCUT2D eigenvalue weighted by atomic mass is 9.94. The third-order valence-electron chi connectivity index (χ3n) is 6.30. The van der Waals surface area contributed by atoms with E-state index in [2.05, 4.69) is 9.55 Å². The third-order valence-corrected chi connectivity index (χ3v) is 6.30. The molecule has 6 heteroatoms. The molecular formula is C19H28N4O2. The van der Waals surface area contributed by atoms with Crippen LogP contribution in [-0.2, 0) is 16.6 Å². The number of nitrogens with zero attached hydrogens (tertiary/aromatic N) is 4. The van der Waals surface area contributed by atoms with Crippen LogP contribution in [0.1, 0.15) is 56.7 Å². The molecule has 1 atom stereocenters. The van der Waals surface area contributed by atoms with Crippen molar-refractivity contribution >= 4 is 11.8 Å². The lowest BCUT2D eigenvalue weighted by Gasteiger charge is -2.33. The highest BCUT2D eigenvalue weighted by atomic mass is 16.2. The highest BCUT2D eigenvalue weighted by molar-refractivity contribution is 5.89. The molecule has 1 unspecified atom stereocenters. The summed E-state index contributed by atoms with van der Waals surface area (Å²) < 4.78 is 2.08. The first-order valence-electron chi connectivity index (χ1n) is 9.69.